The summed E-state index contributed by atoms with van der Waals surface area (Å²) in [5, 5.41) is 12.9. The van der Waals surface area contributed by atoms with Gasteiger partial charge in [-0.1, -0.05) is 0 Å². The molecule has 1 aliphatic rings. The molecule has 2 rings (SSSR count). The molecule has 0 bridgehead atoms. The third-order valence-electron chi connectivity index (χ3n) is 3.24. The van der Waals surface area contributed by atoms with Gasteiger partial charge >= 0.3 is 5.69 Å². The van der Waals surface area contributed by atoms with Crippen LogP contribution in [0, 0.1) is 0 Å². The molecule has 2 heterocycles. The average Bonchev–Trinajstić information content (AvgIpc) is 2.85. The number of H-pyrrole nitrogens is 1. The first-order valence-corrected chi connectivity index (χ1v) is 9.90. The van der Waals surface area contributed by atoms with Gasteiger partial charge in [0.2, 0.25) is 0 Å². The first-order chi connectivity index (χ1) is 12.9. The van der Waals surface area contributed by atoms with Crippen LogP contribution in [0.1, 0.15) is 6.23 Å². The van der Waals surface area contributed by atoms with Gasteiger partial charge in [-0.2, -0.15) is 0 Å². The molecule has 1 fully saturated rings. The molecular formula is C9H10N5O12P2-3. The highest BCUT2D eigenvalue weighted by atomic mass is 31.3. The molecule has 5 atom stereocenters. The maximum Gasteiger partial charge on any atom is 0.330 e. The number of azide groups is 1. The lowest BCUT2D eigenvalue weighted by molar-refractivity contribution is -0.339. The second-order valence-corrected chi connectivity index (χ2v) is 7.79. The molecule has 0 radical (unpaired) electrons. The highest BCUT2D eigenvalue weighted by Gasteiger charge is 2.47. The minimum atomic E-state index is -5.92. The Labute approximate surface area is 153 Å². The zero-order valence-electron chi connectivity index (χ0n) is 13.3. The Morgan fingerprint density at radius 3 is 2.64 bits per heavy atom. The zero-order chi connectivity index (χ0) is 21.1. The lowest BCUT2D eigenvalue weighted by atomic mass is 10.1. The molecule has 17 nitrogen and oxygen atoms in total. The first-order valence-electron chi connectivity index (χ1n) is 6.98. The number of aliphatic hydroxyl groups is 1. The van der Waals surface area contributed by atoms with E-state index in [9.17, 15) is 38.5 Å². The van der Waals surface area contributed by atoms with E-state index in [1.54, 1.807) is 0 Å². The number of rotatable bonds is 8. The number of aromatic amines is 1. The normalized spacial score (nSPS) is 27.0. The van der Waals surface area contributed by atoms with Crippen molar-refractivity contribution >= 4 is 15.6 Å². The summed E-state index contributed by atoms with van der Waals surface area (Å²) >= 11 is 0. The minimum absolute atomic E-state index is 0.735. The van der Waals surface area contributed by atoms with Crippen LogP contribution < -0.4 is 25.9 Å². The van der Waals surface area contributed by atoms with Crippen molar-refractivity contribution in [3.8, 4) is 0 Å². The van der Waals surface area contributed by atoms with Gasteiger partial charge < -0.3 is 38.5 Å². The summed E-state index contributed by atoms with van der Waals surface area (Å²) in [7, 11) is -11.5. The van der Waals surface area contributed by atoms with E-state index in [1.807, 2.05) is 4.98 Å². The standard InChI is InChI=1S/C9H13N5O12P2/c10-12-13-25-7-6(16)4(3-23-28(21,22)26-27(18,19)20)24-8(7)14-2-1-5(15)11-9(14)17/h1-2,4,6-8,16H,3H2,(H,21,22)(H,11,15,17)(H2,18,19,20)/p-3/t4-,6-,7?,8-/m1/s1. The number of nitrogens with zero attached hydrogens (tertiary/aromatic N) is 4. The van der Waals surface area contributed by atoms with Crippen molar-refractivity contribution in [2.75, 3.05) is 6.61 Å². The molecule has 1 aromatic heterocycles. The molecule has 2 N–H and O–H groups in total. The van der Waals surface area contributed by atoms with Crippen molar-refractivity contribution in [3.05, 3.63) is 43.5 Å². The lowest BCUT2D eigenvalue weighted by Crippen LogP contribution is -2.38. The molecule has 0 saturated carbocycles. The van der Waals surface area contributed by atoms with Crippen molar-refractivity contribution in [1.29, 1.82) is 0 Å². The summed E-state index contributed by atoms with van der Waals surface area (Å²) < 4.78 is 35.0. The summed E-state index contributed by atoms with van der Waals surface area (Å²) in [5.74, 6) is 0. The molecule has 2 unspecified atom stereocenters. The molecule has 1 aliphatic heterocycles. The molecule has 19 heteroatoms. The van der Waals surface area contributed by atoms with Crippen LogP contribution in [-0.2, 0) is 27.5 Å². The number of phosphoric ester groups is 1. The van der Waals surface area contributed by atoms with E-state index in [4.69, 9.17) is 10.3 Å². The Kier molecular flexibility index (Phi) is 6.80. The van der Waals surface area contributed by atoms with Gasteiger partial charge in [-0.25, -0.2) is 4.79 Å². The highest BCUT2D eigenvalue weighted by molar-refractivity contribution is 7.58. The van der Waals surface area contributed by atoms with Crippen LogP contribution >= 0.6 is 15.6 Å². The Hall–Kier alpha value is -2.03. The van der Waals surface area contributed by atoms with Crippen molar-refractivity contribution in [3.63, 3.8) is 0 Å². The fraction of sp³-hybridized carbons (Fsp3) is 0.556. The van der Waals surface area contributed by atoms with E-state index in [-0.39, 0.29) is 0 Å². The summed E-state index contributed by atoms with van der Waals surface area (Å²) in [6.45, 7) is -1.06. The Bertz CT molecular complexity index is 965. The Morgan fingerprint density at radius 2 is 2.07 bits per heavy atom. The first kappa shape index (κ1) is 22.3. The average molecular weight is 442 g/mol. The molecule has 1 saturated heterocycles. The maximum absolute atomic E-state index is 11.9. The van der Waals surface area contributed by atoms with Crippen LogP contribution in [0.2, 0.25) is 0 Å². The van der Waals surface area contributed by atoms with Gasteiger partial charge in [-0.3, -0.25) is 23.2 Å². The number of nitrogens with one attached hydrogen (secondary N) is 1. The molecule has 0 aliphatic carbocycles. The third-order valence-corrected chi connectivity index (χ3v) is 5.31. The van der Waals surface area contributed by atoms with E-state index in [1.165, 1.54) is 0 Å². The number of aromatic nitrogens is 2. The number of aliphatic hydroxyl groups excluding tert-OH is 1. The molecule has 0 spiro atoms. The van der Waals surface area contributed by atoms with Gasteiger partial charge in [0.05, 0.1) is 14.4 Å². The summed E-state index contributed by atoms with van der Waals surface area (Å²) in [5.41, 5.74) is 6.58. The predicted octanol–water partition coefficient (Wildman–Crippen LogP) is -3.26. The van der Waals surface area contributed by atoms with Crippen LogP contribution in [0.5, 0.6) is 0 Å². The SMILES string of the molecule is [N-]=[N+]=NOC1[C@H](n2ccc(=O)[nH]c2=O)O[C@H](COP(=O)([O-])OP(=O)([O-])[O-])[C@H]1O. The van der Waals surface area contributed by atoms with Crippen LogP contribution in [0.25, 0.3) is 10.4 Å². The van der Waals surface area contributed by atoms with Crippen LogP contribution in [0.3, 0.4) is 0 Å². The van der Waals surface area contributed by atoms with Gasteiger partial charge in [0, 0.05) is 17.2 Å². The number of hydrogen-bond donors (Lipinski definition) is 2. The minimum Gasteiger partial charge on any atom is -0.790 e. The second-order valence-electron chi connectivity index (χ2n) is 5.09. The number of ether oxygens (including phenoxy) is 1. The lowest BCUT2D eigenvalue weighted by Gasteiger charge is -2.35. The number of hydrogen-bond acceptors (Lipinski definition) is 13. The van der Waals surface area contributed by atoms with Gasteiger partial charge in [0.1, 0.15) is 17.5 Å². The Morgan fingerprint density at radius 1 is 1.39 bits per heavy atom. The van der Waals surface area contributed by atoms with E-state index in [0.29, 0.717) is 0 Å². The summed E-state index contributed by atoms with van der Waals surface area (Å²) in [6, 6.07) is 0.922. The Balaban J connectivity index is 2.22. The fourth-order valence-corrected chi connectivity index (χ4v) is 3.71. The van der Waals surface area contributed by atoms with E-state index in [0.717, 1.165) is 16.8 Å². The summed E-state index contributed by atoms with van der Waals surface area (Å²) in [4.78, 5) is 63.9. The van der Waals surface area contributed by atoms with Crippen LogP contribution in [0.15, 0.2) is 27.1 Å². The number of phosphoric acid groups is 2. The molecular weight excluding hydrogens is 432 g/mol. The molecule has 1 aromatic rings. The second kappa shape index (κ2) is 8.55. The smallest absolute Gasteiger partial charge is 0.330 e. The van der Waals surface area contributed by atoms with Gasteiger partial charge in [-0.05, 0) is 5.53 Å². The van der Waals surface area contributed by atoms with Crippen LogP contribution in [-0.4, -0.2) is 39.6 Å². The maximum atomic E-state index is 11.9. The quantitative estimate of drug-likeness (QED) is 0.132. The van der Waals surface area contributed by atoms with Crippen LogP contribution in [0.4, 0.5) is 0 Å². The summed E-state index contributed by atoms with van der Waals surface area (Å²) in [6.07, 6.45) is -5.46. The van der Waals surface area contributed by atoms with Gasteiger partial charge in [0.25, 0.3) is 13.4 Å². The topological polar surface area (TPSA) is 264 Å². The molecule has 156 valence electrons. The van der Waals surface area contributed by atoms with E-state index in [2.05, 4.69) is 23.9 Å². The van der Waals surface area contributed by atoms with Crippen molar-refractivity contribution in [2.24, 2.45) is 5.28 Å². The fourth-order valence-electron chi connectivity index (χ4n) is 2.21. The van der Waals surface area contributed by atoms with E-state index < -0.39 is 58.0 Å². The monoisotopic (exact) mass is 442 g/mol. The van der Waals surface area contributed by atoms with Crippen molar-refractivity contribution in [1.82, 2.24) is 9.55 Å². The van der Waals surface area contributed by atoms with Gasteiger partial charge in [0.15, 0.2) is 12.3 Å². The molecule has 0 amide bonds. The predicted molar refractivity (Wildman–Crippen MR) is 77.5 cm³/mol. The van der Waals surface area contributed by atoms with Gasteiger partial charge in [-0.15, -0.1) is 0 Å². The third kappa shape index (κ3) is 5.73. The molecule has 28 heavy (non-hydrogen) atoms. The zero-order valence-corrected chi connectivity index (χ0v) is 15.1. The van der Waals surface area contributed by atoms with Crippen molar-refractivity contribution < 1.29 is 47.3 Å². The highest BCUT2D eigenvalue weighted by Crippen LogP contribution is 2.50. The van der Waals surface area contributed by atoms with E-state index >= 15 is 0 Å². The largest absolute Gasteiger partial charge is 0.790 e. The van der Waals surface area contributed by atoms with Crippen molar-refractivity contribution in [2.45, 2.75) is 24.5 Å². The molecule has 0 aromatic carbocycles.